The van der Waals surface area contributed by atoms with Crippen molar-refractivity contribution >= 4 is 46.8 Å². The van der Waals surface area contributed by atoms with Crippen molar-refractivity contribution in [1.29, 1.82) is 0 Å². The molecule has 1 atom stereocenters. The molecule has 7 heteroatoms. The van der Waals surface area contributed by atoms with Crippen LogP contribution in [-0.4, -0.2) is 35.1 Å². The summed E-state index contributed by atoms with van der Waals surface area (Å²) in [6, 6.07) is 22.9. The number of thioether (sulfide) groups is 1. The van der Waals surface area contributed by atoms with E-state index in [9.17, 15) is 9.59 Å². The van der Waals surface area contributed by atoms with Gasteiger partial charge in [-0.1, -0.05) is 103 Å². The molecule has 0 heterocycles. The third-order valence-electron chi connectivity index (χ3n) is 6.01. The standard InChI is InChI=1S/C30H34Cl2N2O2S/c1-3-4-15-33-30(36)28(18-23-10-6-5-7-11-23)34(19-24-12-8-9-22(2)16-24)29(35)21-37-20-25-13-14-26(31)27(32)17-25/h5-14,16-17,28H,3-4,15,18-21H2,1-2H3,(H,33,36)/t28-/m0/s1. The minimum atomic E-state index is -0.613. The van der Waals surface area contributed by atoms with E-state index in [1.165, 1.54) is 11.8 Å². The number of nitrogens with one attached hydrogen (secondary N) is 1. The van der Waals surface area contributed by atoms with E-state index in [0.29, 0.717) is 35.3 Å². The molecule has 4 nitrogen and oxygen atoms in total. The second-order valence-electron chi connectivity index (χ2n) is 9.10. The molecule has 0 saturated carbocycles. The third kappa shape index (κ3) is 9.41. The zero-order chi connectivity index (χ0) is 26.6. The van der Waals surface area contributed by atoms with Gasteiger partial charge in [0.2, 0.25) is 11.8 Å². The van der Waals surface area contributed by atoms with Gasteiger partial charge < -0.3 is 10.2 Å². The van der Waals surface area contributed by atoms with Gasteiger partial charge in [-0.25, -0.2) is 0 Å². The number of unbranched alkanes of at least 4 members (excludes halogenated alkanes) is 1. The lowest BCUT2D eigenvalue weighted by molar-refractivity contribution is -0.139. The molecule has 0 bridgehead atoms. The lowest BCUT2D eigenvalue weighted by Gasteiger charge is -2.31. The largest absolute Gasteiger partial charge is 0.354 e. The molecular weight excluding hydrogens is 523 g/mol. The first-order chi connectivity index (χ1) is 17.9. The maximum Gasteiger partial charge on any atom is 0.243 e. The smallest absolute Gasteiger partial charge is 0.243 e. The third-order valence-corrected chi connectivity index (χ3v) is 7.74. The Bertz CT molecular complexity index is 1170. The van der Waals surface area contributed by atoms with Gasteiger partial charge in [0.25, 0.3) is 0 Å². The predicted molar refractivity (Wildman–Crippen MR) is 156 cm³/mol. The van der Waals surface area contributed by atoms with Crippen LogP contribution in [0.5, 0.6) is 0 Å². The van der Waals surface area contributed by atoms with Crippen LogP contribution < -0.4 is 5.32 Å². The van der Waals surface area contributed by atoms with Crippen molar-refractivity contribution in [3.8, 4) is 0 Å². The van der Waals surface area contributed by atoms with Gasteiger partial charge in [-0.15, -0.1) is 11.8 Å². The van der Waals surface area contributed by atoms with Gasteiger partial charge in [0.1, 0.15) is 6.04 Å². The van der Waals surface area contributed by atoms with Gasteiger partial charge in [0.15, 0.2) is 0 Å². The van der Waals surface area contributed by atoms with Crippen LogP contribution in [0.1, 0.15) is 42.0 Å². The summed E-state index contributed by atoms with van der Waals surface area (Å²) >= 11 is 13.7. The van der Waals surface area contributed by atoms with Gasteiger partial charge in [-0.3, -0.25) is 9.59 Å². The number of benzene rings is 3. The van der Waals surface area contributed by atoms with Crippen LogP contribution in [0.4, 0.5) is 0 Å². The molecule has 0 spiro atoms. The number of halogens is 2. The molecule has 0 aromatic heterocycles. The molecule has 3 aromatic carbocycles. The number of rotatable bonds is 13. The predicted octanol–water partition coefficient (Wildman–Crippen LogP) is 7.09. The molecular formula is C30H34Cl2N2O2S. The molecule has 0 aliphatic rings. The lowest BCUT2D eigenvalue weighted by atomic mass is 10.0. The normalized spacial score (nSPS) is 11.7. The maximum atomic E-state index is 13.7. The molecule has 0 aliphatic carbocycles. The van der Waals surface area contributed by atoms with E-state index >= 15 is 0 Å². The van der Waals surface area contributed by atoms with Crippen LogP contribution in [0, 0.1) is 6.92 Å². The minimum Gasteiger partial charge on any atom is -0.354 e. The van der Waals surface area contributed by atoms with E-state index in [1.807, 2.05) is 67.6 Å². The topological polar surface area (TPSA) is 49.4 Å². The molecule has 0 fully saturated rings. The number of aryl methyl sites for hydroxylation is 1. The van der Waals surface area contributed by atoms with Crippen molar-refractivity contribution in [3.63, 3.8) is 0 Å². The van der Waals surface area contributed by atoms with Gasteiger partial charge >= 0.3 is 0 Å². The van der Waals surface area contributed by atoms with Crippen molar-refractivity contribution in [2.45, 2.75) is 51.4 Å². The minimum absolute atomic E-state index is 0.0712. The number of carbonyl (C=O) groups is 2. The van der Waals surface area contributed by atoms with Crippen molar-refractivity contribution < 1.29 is 9.59 Å². The Labute approximate surface area is 234 Å². The fourth-order valence-corrected chi connectivity index (χ4v) is 5.21. The summed E-state index contributed by atoms with van der Waals surface area (Å²) in [6.45, 7) is 5.08. The molecule has 37 heavy (non-hydrogen) atoms. The van der Waals surface area contributed by atoms with Crippen molar-refractivity contribution in [1.82, 2.24) is 10.2 Å². The number of amides is 2. The quantitative estimate of drug-likeness (QED) is 0.228. The van der Waals surface area contributed by atoms with Gasteiger partial charge in [0.05, 0.1) is 15.8 Å². The Hall–Kier alpha value is -2.47. The van der Waals surface area contributed by atoms with E-state index in [4.69, 9.17) is 23.2 Å². The molecule has 0 unspecified atom stereocenters. The van der Waals surface area contributed by atoms with Crippen LogP contribution in [-0.2, 0) is 28.3 Å². The first-order valence-corrected chi connectivity index (χ1v) is 14.5. The van der Waals surface area contributed by atoms with Crippen LogP contribution in [0.15, 0.2) is 72.8 Å². The highest BCUT2D eigenvalue weighted by Crippen LogP contribution is 2.25. The van der Waals surface area contributed by atoms with E-state index in [0.717, 1.165) is 35.1 Å². The number of nitrogens with zero attached hydrogens (tertiary/aromatic N) is 1. The van der Waals surface area contributed by atoms with Gasteiger partial charge in [-0.2, -0.15) is 0 Å². The SMILES string of the molecule is CCCCNC(=O)[C@H](Cc1ccccc1)N(Cc1cccc(C)c1)C(=O)CSCc1ccc(Cl)c(Cl)c1. The summed E-state index contributed by atoms with van der Waals surface area (Å²) in [4.78, 5) is 28.9. The Kier molecular flexibility index (Phi) is 11.8. The summed E-state index contributed by atoms with van der Waals surface area (Å²) in [5.74, 6) is 0.679. The number of hydrogen-bond acceptors (Lipinski definition) is 3. The highest BCUT2D eigenvalue weighted by molar-refractivity contribution is 7.99. The fourth-order valence-electron chi connectivity index (χ4n) is 4.04. The maximum absolute atomic E-state index is 13.7. The van der Waals surface area contributed by atoms with Gasteiger partial charge in [0, 0.05) is 25.3 Å². The molecule has 2 amide bonds. The van der Waals surface area contributed by atoms with Crippen LogP contribution in [0.2, 0.25) is 10.0 Å². The molecule has 0 radical (unpaired) electrons. The Morgan fingerprint density at radius 1 is 0.919 bits per heavy atom. The van der Waals surface area contributed by atoms with Gasteiger partial charge in [-0.05, 0) is 42.2 Å². The molecule has 3 aromatic rings. The monoisotopic (exact) mass is 556 g/mol. The fraction of sp³-hybridized carbons (Fsp3) is 0.333. The highest BCUT2D eigenvalue weighted by atomic mass is 35.5. The summed E-state index contributed by atoms with van der Waals surface area (Å²) in [6.07, 6.45) is 2.34. The Morgan fingerprint density at radius 2 is 1.68 bits per heavy atom. The molecule has 196 valence electrons. The van der Waals surface area contributed by atoms with Crippen LogP contribution in [0.25, 0.3) is 0 Å². The van der Waals surface area contributed by atoms with Crippen LogP contribution >= 0.6 is 35.0 Å². The summed E-state index contributed by atoms with van der Waals surface area (Å²) in [5.41, 5.74) is 4.13. The zero-order valence-electron chi connectivity index (χ0n) is 21.4. The van der Waals surface area contributed by atoms with Crippen LogP contribution in [0.3, 0.4) is 0 Å². The number of hydrogen-bond donors (Lipinski definition) is 1. The van der Waals surface area contributed by atoms with E-state index in [1.54, 1.807) is 11.0 Å². The molecule has 0 saturated heterocycles. The van der Waals surface area contributed by atoms with Crippen molar-refractivity contribution in [2.75, 3.05) is 12.3 Å². The Balaban J connectivity index is 1.83. The second kappa shape index (κ2) is 15.1. The zero-order valence-corrected chi connectivity index (χ0v) is 23.7. The van der Waals surface area contributed by atoms with E-state index in [-0.39, 0.29) is 17.6 Å². The molecule has 3 rings (SSSR count). The molecule has 1 N–H and O–H groups in total. The van der Waals surface area contributed by atoms with E-state index in [2.05, 4.69) is 18.3 Å². The second-order valence-corrected chi connectivity index (χ2v) is 10.9. The summed E-state index contributed by atoms with van der Waals surface area (Å²) < 4.78 is 0. The Morgan fingerprint density at radius 3 is 2.38 bits per heavy atom. The van der Waals surface area contributed by atoms with E-state index < -0.39 is 6.04 Å². The first kappa shape index (κ1) is 29.1. The van der Waals surface area contributed by atoms with Crippen molar-refractivity contribution in [2.24, 2.45) is 0 Å². The molecule has 0 aliphatic heterocycles. The average molecular weight is 558 g/mol. The highest BCUT2D eigenvalue weighted by Gasteiger charge is 2.30. The summed E-state index contributed by atoms with van der Waals surface area (Å²) in [7, 11) is 0. The lowest BCUT2D eigenvalue weighted by Crippen LogP contribution is -2.51. The average Bonchev–Trinajstić information content (AvgIpc) is 2.89. The number of carbonyl (C=O) groups excluding carboxylic acids is 2. The van der Waals surface area contributed by atoms with Crippen molar-refractivity contribution in [3.05, 3.63) is 105 Å². The first-order valence-electron chi connectivity index (χ1n) is 12.6. The summed E-state index contributed by atoms with van der Waals surface area (Å²) in [5, 5.41) is 4.07.